The lowest BCUT2D eigenvalue weighted by molar-refractivity contribution is -0.117. The minimum atomic E-state index is -0.127. The molecular weight excluding hydrogens is 510 g/mol. The van der Waals surface area contributed by atoms with Crippen LogP contribution in [-0.2, 0) is 23.1 Å². The lowest BCUT2D eigenvalue weighted by atomic mass is 9.93. The van der Waals surface area contributed by atoms with Crippen LogP contribution in [0.3, 0.4) is 0 Å². The largest absolute Gasteiger partial charge is 0.472 e. The molecule has 1 atom stereocenters. The first-order valence-corrected chi connectivity index (χ1v) is 14.3. The molecule has 0 bridgehead atoms. The summed E-state index contributed by atoms with van der Waals surface area (Å²) in [5.41, 5.74) is 4.64. The zero-order valence-corrected chi connectivity index (χ0v) is 23.2. The molecule has 1 saturated heterocycles. The van der Waals surface area contributed by atoms with Gasteiger partial charge >= 0.3 is 0 Å². The van der Waals surface area contributed by atoms with Gasteiger partial charge in [0.1, 0.15) is 22.5 Å². The Hall–Kier alpha value is -3.56. The molecular formula is C30H31N5O3S. The smallest absolute Gasteiger partial charge is 0.215 e. The van der Waals surface area contributed by atoms with E-state index in [1.165, 1.54) is 12.8 Å². The third-order valence-corrected chi connectivity index (χ3v) is 8.78. The first kappa shape index (κ1) is 24.5. The zero-order chi connectivity index (χ0) is 26.8. The molecule has 2 fully saturated rings. The summed E-state index contributed by atoms with van der Waals surface area (Å²) in [6, 6.07) is 14.0. The molecule has 39 heavy (non-hydrogen) atoms. The number of nitrogens with one attached hydrogen (secondary N) is 1. The average molecular weight is 542 g/mol. The summed E-state index contributed by atoms with van der Waals surface area (Å²) in [4.78, 5) is 24.1. The van der Waals surface area contributed by atoms with E-state index in [0.717, 1.165) is 50.9 Å². The van der Waals surface area contributed by atoms with Crippen LogP contribution in [0, 0.1) is 0 Å². The number of benzene rings is 1. The number of nitrogens with zero attached hydrogens (tertiary/aromatic N) is 4. The first-order chi connectivity index (χ1) is 18.8. The third-order valence-electron chi connectivity index (χ3n) is 7.81. The molecule has 1 spiro atoms. The van der Waals surface area contributed by atoms with Crippen molar-refractivity contribution in [3.05, 3.63) is 65.7 Å². The molecule has 4 aromatic heterocycles. The van der Waals surface area contributed by atoms with Gasteiger partial charge in [-0.3, -0.25) is 9.20 Å². The van der Waals surface area contributed by atoms with Crippen LogP contribution in [0.5, 0.6) is 5.88 Å². The molecule has 2 aliphatic rings. The van der Waals surface area contributed by atoms with Gasteiger partial charge in [0.15, 0.2) is 4.96 Å². The van der Waals surface area contributed by atoms with Crippen molar-refractivity contribution < 1.29 is 14.1 Å². The fraction of sp³-hybridized carbons (Fsp3) is 0.400. The zero-order valence-electron chi connectivity index (χ0n) is 22.4. The van der Waals surface area contributed by atoms with E-state index in [9.17, 15) is 4.79 Å². The van der Waals surface area contributed by atoms with Gasteiger partial charge in [0.2, 0.25) is 5.88 Å². The van der Waals surface area contributed by atoms with Gasteiger partial charge in [0.05, 0.1) is 28.9 Å². The number of carbonyl (C=O) groups excluding carboxylic acids is 1. The predicted molar refractivity (Wildman–Crippen MR) is 150 cm³/mol. The van der Waals surface area contributed by atoms with Gasteiger partial charge in [-0.15, -0.1) is 0 Å². The molecule has 5 heterocycles. The van der Waals surface area contributed by atoms with E-state index in [-0.39, 0.29) is 29.3 Å². The number of fused-ring (bicyclic) bond motifs is 3. The Morgan fingerprint density at radius 2 is 1.97 bits per heavy atom. The Bertz CT molecular complexity index is 1690. The highest BCUT2D eigenvalue weighted by atomic mass is 32.1. The van der Waals surface area contributed by atoms with Crippen LogP contribution in [-0.4, -0.2) is 43.5 Å². The van der Waals surface area contributed by atoms with Crippen molar-refractivity contribution in [3.8, 4) is 17.1 Å². The molecule has 0 amide bonds. The van der Waals surface area contributed by atoms with Crippen molar-refractivity contribution in [1.29, 1.82) is 0 Å². The predicted octanol–water partition coefficient (Wildman–Crippen LogP) is 5.52. The number of carbonyl (C=O) groups is 1. The van der Waals surface area contributed by atoms with Crippen LogP contribution in [0.25, 0.3) is 26.6 Å². The molecule has 0 unspecified atom stereocenters. The Balaban J connectivity index is 1.03. The van der Waals surface area contributed by atoms with Gasteiger partial charge in [-0.05, 0) is 37.4 Å². The summed E-state index contributed by atoms with van der Waals surface area (Å²) >= 11 is 1.57. The second-order valence-electron chi connectivity index (χ2n) is 11.9. The monoisotopic (exact) mass is 541 g/mol. The van der Waals surface area contributed by atoms with E-state index >= 15 is 0 Å². The number of ether oxygens (including phenoxy) is 1. The standard InChI is InChI=1S/C30H31N5O3S/c1-29(2,3)25-16-20(34-38-25)15-21(36)14-18-4-6-19(7-5-18)22-17-35-23-8-9-26(33-27(23)39-28(35)32-22)37-24-10-13-31-30(24)11-12-30/h4-9,16-17,24,31H,10-15H2,1-3H3/t24-/m0/s1. The molecule has 200 valence electrons. The topological polar surface area (TPSA) is 94.6 Å². The molecule has 1 saturated carbocycles. The highest BCUT2D eigenvalue weighted by molar-refractivity contribution is 7.23. The lowest BCUT2D eigenvalue weighted by Gasteiger charge is -2.19. The number of hydrogen-bond acceptors (Lipinski definition) is 8. The molecule has 1 aliphatic heterocycles. The number of pyridine rings is 1. The normalized spacial score (nSPS) is 18.4. The molecule has 9 heteroatoms. The lowest BCUT2D eigenvalue weighted by Crippen LogP contribution is -2.36. The molecule has 5 aromatic rings. The van der Waals surface area contributed by atoms with Crippen LogP contribution >= 0.6 is 11.3 Å². The number of ketones is 1. The number of hydrogen-bond donors (Lipinski definition) is 1. The summed E-state index contributed by atoms with van der Waals surface area (Å²) in [5.74, 6) is 1.59. The van der Waals surface area contributed by atoms with E-state index in [1.807, 2.05) is 42.6 Å². The number of Topliss-reactive ketones (excluding diaryl/α,β-unsaturated/α-hetero) is 1. The van der Waals surface area contributed by atoms with Crippen molar-refractivity contribution in [2.75, 3.05) is 6.54 Å². The van der Waals surface area contributed by atoms with E-state index in [4.69, 9.17) is 19.2 Å². The molecule has 1 N–H and O–H groups in total. The van der Waals surface area contributed by atoms with E-state index < -0.39 is 0 Å². The number of thiazole rings is 1. The second kappa shape index (κ2) is 8.99. The van der Waals surface area contributed by atoms with Crippen LogP contribution < -0.4 is 10.1 Å². The molecule has 8 nitrogen and oxygen atoms in total. The minimum absolute atomic E-state index is 0.109. The Morgan fingerprint density at radius 1 is 1.15 bits per heavy atom. The van der Waals surface area contributed by atoms with Crippen molar-refractivity contribution >= 4 is 32.4 Å². The van der Waals surface area contributed by atoms with Gasteiger partial charge in [-0.2, -0.15) is 0 Å². The third kappa shape index (κ3) is 4.63. The van der Waals surface area contributed by atoms with Crippen LogP contribution in [0.2, 0.25) is 0 Å². The first-order valence-electron chi connectivity index (χ1n) is 13.5. The van der Waals surface area contributed by atoms with Crippen molar-refractivity contribution in [3.63, 3.8) is 0 Å². The summed E-state index contributed by atoms with van der Waals surface area (Å²) in [5, 5.41) is 7.67. The Kier molecular flexibility index (Phi) is 5.64. The highest BCUT2D eigenvalue weighted by Crippen LogP contribution is 2.44. The maximum atomic E-state index is 12.6. The van der Waals surface area contributed by atoms with Crippen molar-refractivity contribution in [1.82, 2.24) is 24.8 Å². The Labute approximate surface area is 230 Å². The van der Waals surface area contributed by atoms with E-state index in [1.54, 1.807) is 11.3 Å². The second-order valence-corrected chi connectivity index (χ2v) is 12.8. The molecule has 0 radical (unpaired) electrons. The summed E-state index contributed by atoms with van der Waals surface area (Å²) in [6.45, 7) is 7.20. The van der Waals surface area contributed by atoms with Crippen LogP contribution in [0.1, 0.15) is 57.1 Å². The SMILES string of the molecule is CC(C)(C)c1cc(CC(=O)Cc2ccc(-c3cn4c(n3)sc3nc(O[C@H]5CCNC56CC6)ccc34)cc2)no1. The van der Waals surface area contributed by atoms with E-state index in [2.05, 4.69) is 41.7 Å². The van der Waals surface area contributed by atoms with Gasteiger partial charge in [-0.1, -0.05) is 61.5 Å². The maximum Gasteiger partial charge on any atom is 0.215 e. The van der Waals surface area contributed by atoms with Gasteiger partial charge in [0.25, 0.3) is 0 Å². The number of aromatic nitrogens is 4. The number of rotatable bonds is 7. The van der Waals surface area contributed by atoms with Gasteiger partial charge in [-0.25, -0.2) is 9.97 Å². The van der Waals surface area contributed by atoms with Gasteiger partial charge in [0, 0.05) is 35.7 Å². The molecule has 7 rings (SSSR count). The van der Waals surface area contributed by atoms with Crippen molar-refractivity contribution in [2.24, 2.45) is 0 Å². The average Bonchev–Trinajstić information content (AvgIpc) is 3.23. The van der Waals surface area contributed by atoms with Crippen LogP contribution in [0.15, 0.2) is 53.2 Å². The van der Waals surface area contributed by atoms with Gasteiger partial charge < -0.3 is 14.6 Å². The number of imidazole rings is 1. The fourth-order valence-electron chi connectivity index (χ4n) is 5.40. The highest BCUT2D eigenvalue weighted by Gasteiger charge is 2.53. The summed E-state index contributed by atoms with van der Waals surface area (Å²) < 4.78 is 13.8. The minimum Gasteiger partial charge on any atom is -0.472 e. The van der Waals surface area contributed by atoms with E-state index in [0.29, 0.717) is 18.0 Å². The van der Waals surface area contributed by atoms with Crippen LogP contribution in [0.4, 0.5) is 0 Å². The summed E-state index contributed by atoms with van der Waals surface area (Å²) in [7, 11) is 0. The summed E-state index contributed by atoms with van der Waals surface area (Å²) in [6.07, 6.45) is 6.29. The quantitative estimate of drug-likeness (QED) is 0.290. The maximum absolute atomic E-state index is 12.6. The molecule has 1 aromatic carbocycles. The van der Waals surface area contributed by atoms with Crippen molar-refractivity contribution in [2.45, 2.75) is 69.9 Å². The Morgan fingerprint density at radius 3 is 2.72 bits per heavy atom. The molecule has 1 aliphatic carbocycles. The fourth-order valence-corrected chi connectivity index (χ4v) is 6.37.